The minimum absolute atomic E-state index is 1.17. The molecule has 1 saturated heterocycles. The van der Waals surface area contributed by atoms with Gasteiger partial charge in [-0.15, -0.1) is 0 Å². The van der Waals surface area contributed by atoms with Gasteiger partial charge in [-0.1, -0.05) is 20.3 Å². The second-order valence-corrected chi connectivity index (χ2v) is 4.69. The molecular weight excluding hydrogens is 180 g/mol. The quantitative estimate of drug-likeness (QED) is 0.674. The van der Waals surface area contributed by atoms with Crippen molar-refractivity contribution in [2.45, 2.75) is 26.7 Å². The summed E-state index contributed by atoms with van der Waals surface area (Å²) in [6.45, 7) is 9.45. The number of rotatable bonds is 5. The molecule has 0 bridgehead atoms. The molecule has 1 rings (SSSR count). The van der Waals surface area contributed by atoms with Crippen LogP contribution in [0.4, 0.5) is 0 Å². The Morgan fingerprint density at radius 3 is 2.46 bits per heavy atom. The molecule has 3 heteroatoms. The highest BCUT2D eigenvalue weighted by Crippen LogP contribution is 2.11. The molecule has 0 radical (unpaired) electrons. The average Bonchev–Trinajstić information content (AvgIpc) is 2.21. The maximum Gasteiger partial charge on any atom is 0.0224 e. The summed E-state index contributed by atoms with van der Waals surface area (Å²) in [5.41, 5.74) is 0. The van der Waals surface area contributed by atoms with Gasteiger partial charge >= 0.3 is 0 Å². The fraction of sp³-hybridized carbons (Fsp3) is 1.00. The predicted molar refractivity (Wildman–Crippen MR) is 61.1 cm³/mol. The monoisotopic (exact) mass is 202 g/mol. The Kier molecular flexibility index (Phi) is 5.83. The molecule has 0 aromatic rings. The van der Waals surface area contributed by atoms with Gasteiger partial charge in [0.15, 0.2) is 0 Å². The molecule has 0 aromatic heterocycles. The lowest BCUT2D eigenvalue weighted by atomic mass is 10.3. The Morgan fingerprint density at radius 2 is 1.92 bits per heavy atom. The molecule has 0 saturated carbocycles. The molecule has 1 heterocycles. The Bertz CT molecular complexity index is 124. The molecule has 1 aliphatic heterocycles. The lowest BCUT2D eigenvalue weighted by Crippen LogP contribution is -2.47. The first kappa shape index (κ1) is 11.3. The highest BCUT2D eigenvalue weighted by molar-refractivity contribution is 7.99. The molecule has 0 unspecified atom stereocenters. The maximum absolute atomic E-state index is 2.53. The summed E-state index contributed by atoms with van der Waals surface area (Å²) in [6, 6.07) is 0. The number of hydrogen-bond donors (Lipinski definition) is 0. The van der Waals surface area contributed by atoms with Gasteiger partial charge in [-0.05, 0) is 6.42 Å². The highest BCUT2D eigenvalue weighted by atomic mass is 32.2. The zero-order valence-electron chi connectivity index (χ0n) is 8.96. The molecule has 78 valence electrons. The molecule has 13 heavy (non-hydrogen) atoms. The van der Waals surface area contributed by atoms with E-state index in [0.717, 1.165) is 0 Å². The van der Waals surface area contributed by atoms with Gasteiger partial charge in [0.1, 0.15) is 0 Å². The molecule has 0 amide bonds. The van der Waals surface area contributed by atoms with Crippen molar-refractivity contribution in [1.29, 1.82) is 0 Å². The van der Waals surface area contributed by atoms with E-state index in [0.29, 0.717) is 0 Å². The summed E-state index contributed by atoms with van der Waals surface area (Å²) in [5.74, 6) is 2.62. The van der Waals surface area contributed by atoms with Crippen molar-refractivity contribution in [2.75, 3.05) is 37.7 Å². The van der Waals surface area contributed by atoms with Crippen LogP contribution in [0.3, 0.4) is 0 Å². The van der Waals surface area contributed by atoms with Gasteiger partial charge in [0.2, 0.25) is 0 Å². The van der Waals surface area contributed by atoms with Crippen LogP contribution in [-0.4, -0.2) is 47.7 Å². The molecule has 1 fully saturated rings. The van der Waals surface area contributed by atoms with Crippen LogP contribution in [-0.2, 0) is 0 Å². The van der Waals surface area contributed by atoms with Crippen molar-refractivity contribution < 1.29 is 0 Å². The standard InChI is InChI=1S/C10H22N2S/c1-3-5-6-11(4-2)12-7-9-13-10-8-12/h3-10H2,1-2H3. The fourth-order valence-electron chi connectivity index (χ4n) is 1.68. The molecule has 0 N–H and O–H groups in total. The van der Waals surface area contributed by atoms with E-state index in [-0.39, 0.29) is 0 Å². The van der Waals surface area contributed by atoms with Crippen molar-refractivity contribution in [3.63, 3.8) is 0 Å². The van der Waals surface area contributed by atoms with Crippen molar-refractivity contribution in [3.05, 3.63) is 0 Å². The molecule has 2 nitrogen and oxygen atoms in total. The topological polar surface area (TPSA) is 6.48 Å². The van der Waals surface area contributed by atoms with Crippen LogP contribution in [0.2, 0.25) is 0 Å². The number of unbranched alkanes of at least 4 members (excludes halogenated alkanes) is 1. The van der Waals surface area contributed by atoms with Gasteiger partial charge in [-0.2, -0.15) is 11.8 Å². The number of hydrazine groups is 1. The SMILES string of the molecule is CCCCN(CC)N1CCSCC1. The van der Waals surface area contributed by atoms with E-state index >= 15 is 0 Å². The van der Waals surface area contributed by atoms with Crippen LogP contribution in [0.1, 0.15) is 26.7 Å². The van der Waals surface area contributed by atoms with Gasteiger partial charge < -0.3 is 0 Å². The van der Waals surface area contributed by atoms with Crippen LogP contribution in [0, 0.1) is 0 Å². The minimum Gasteiger partial charge on any atom is -0.242 e. The van der Waals surface area contributed by atoms with Crippen molar-refractivity contribution in [1.82, 2.24) is 10.0 Å². The molecule has 1 aliphatic rings. The van der Waals surface area contributed by atoms with Gasteiger partial charge in [-0.3, -0.25) is 0 Å². The zero-order chi connectivity index (χ0) is 9.52. The van der Waals surface area contributed by atoms with E-state index in [1.54, 1.807) is 0 Å². The van der Waals surface area contributed by atoms with Crippen LogP contribution in [0.5, 0.6) is 0 Å². The third-order valence-electron chi connectivity index (χ3n) is 2.52. The first-order valence-corrected chi connectivity index (χ1v) is 6.61. The smallest absolute Gasteiger partial charge is 0.0224 e. The zero-order valence-corrected chi connectivity index (χ0v) is 9.78. The lowest BCUT2D eigenvalue weighted by Gasteiger charge is -2.36. The van der Waals surface area contributed by atoms with Crippen LogP contribution in [0.15, 0.2) is 0 Å². The van der Waals surface area contributed by atoms with Crippen molar-refractivity contribution >= 4 is 11.8 Å². The van der Waals surface area contributed by atoms with Crippen LogP contribution < -0.4 is 0 Å². The van der Waals surface area contributed by atoms with E-state index < -0.39 is 0 Å². The predicted octanol–water partition coefficient (Wildman–Crippen LogP) is 2.07. The van der Waals surface area contributed by atoms with Crippen molar-refractivity contribution in [3.8, 4) is 0 Å². The normalized spacial score (nSPS) is 19.6. The van der Waals surface area contributed by atoms with E-state index in [2.05, 4.69) is 35.6 Å². The molecule has 0 atom stereocenters. The first-order chi connectivity index (χ1) is 6.38. The fourth-order valence-corrected chi connectivity index (χ4v) is 2.56. The third-order valence-corrected chi connectivity index (χ3v) is 3.46. The van der Waals surface area contributed by atoms with E-state index in [9.17, 15) is 0 Å². The molecule has 0 aromatic carbocycles. The van der Waals surface area contributed by atoms with E-state index in [1.165, 1.54) is 50.5 Å². The van der Waals surface area contributed by atoms with Gasteiger partial charge in [0, 0.05) is 37.7 Å². The highest BCUT2D eigenvalue weighted by Gasteiger charge is 2.15. The second kappa shape index (κ2) is 6.68. The van der Waals surface area contributed by atoms with Gasteiger partial charge in [0.05, 0.1) is 0 Å². The largest absolute Gasteiger partial charge is 0.242 e. The first-order valence-electron chi connectivity index (χ1n) is 5.46. The maximum atomic E-state index is 2.53. The summed E-state index contributed by atoms with van der Waals surface area (Å²) in [6.07, 6.45) is 2.64. The molecule has 0 spiro atoms. The minimum atomic E-state index is 1.17. The van der Waals surface area contributed by atoms with Gasteiger partial charge in [-0.25, -0.2) is 10.0 Å². The van der Waals surface area contributed by atoms with Gasteiger partial charge in [0.25, 0.3) is 0 Å². The Labute approximate surface area is 86.6 Å². The van der Waals surface area contributed by atoms with Crippen LogP contribution >= 0.6 is 11.8 Å². The Hall–Kier alpha value is 0.270. The second-order valence-electron chi connectivity index (χ2n) is 3.47. The summed E-state index contributed by atoms with van der Waals surface area (Å²) < 4.78 is 0. The number of hydrogen-bond acceptors (Lipinski definition) is 3. The number of nitrogens with zero attached hydrogens (tertiary/aromatic N) is 2. The molecule has 0 aliphatic carbocycles. The number of thioether (sulfide) groups is 1. The third kappa shape index (κ3) is 3.88. The van der Waals surface area contributed by atoms with Crippen molar-refractivity contribution in [2.24, 2.45) is 0 Å². The summed E-state index contributed by atoms with van der Waals surface area (Å²) in [4.78, 5) is 0. The summed E-state index contributed by atoms with van der Waals surface area (Å²) in [5, 5.41) is 5.05. The average molecular weight is 202 g/mol. The van der Waals surface area contributed by atoms with Crippen LogP contribution in [0.25, 0.3) is 0 Å². The molecular formula is C10H22N2S. The Balaban J connectivity index is 2.26. The lowest BCUT2D eigenvalue weighted by molar-refractivity contribution is -0.0128. The Morgan fingerprint density at radius 1 is 1.23 bits per heavy atom. The summed E-state index contributed by atoms with van der Waals surface area (Å²) in [7, 11) is 0. The van der Waals surface area contributed by atoms with E-state index in [1.807, 2.05) is 0 Å². The summed E-state index contributed by atoms with van der Waals surface area (Å²) >= 11 is 2.08. The van der Waals surface area contributed by atoms with E-state index in [4.69, 9.17) is 0 Å².